The summed E-state index contributed by atoms with van der Waals surface area (Å²) in [5.74, 6) is 0.893. The van der Waals surface area contributed by atoms with Gasteiger partial charge in [-0.2, -0.15) is 0 Å². The van der Waals surface area contributed by atoms with E-state index < -0.39 is 0 Å². The first-order valence-electron chi connectivity index (χ1n) is 7.54. The second-order valence-electron chi connectivity index (χ2n) is 5.28. The normalized spacial score (nSPS) is 18.8. The Hall–Kier alpha value is -1.26. The van der Waals surface area contributed by atoms with Gasteiger partial charge in [0, 0.05) is 31.5 Å². The van der Waals surface area contributed by atoms with Crippen LogP contribution < -0.4 is 15.4 Å². The number of hydrogen-bond acceptors (Lipinski definition) is 4. The van der Waals surface area contributed by atoms with Gasteiger partial charge in [-0.05, 0) is 44.4 Å². The van der Waals surface area contributed by atoms with Crippen molar-refractivity contribution in [3.63, 3.8) is 0 Å². The number of hydrogen-bond donors (Lipinski definition) is 1. The quantitative estimate of drug-likeness (QED) is 0.832. The first kappa shape index (κ1) is 15.1. The van der Waals surface area contributed by atoms with Crippen LogP contribution in [0.4, 0.5) is 5.69 Å². The molecular weight excluding hydrogens is 252 g/mol. The smallest absolute Gasteiger partial charge is 0.120 e. The fraction of sp³-hybridized carbons (Fsp3) is 0.625. The lowest BCUT2D eigenvalue weighted by Gasteiger charge is -2.31. The van der Waals surface area contributed by atoms with E-state index in [9.17, 15) is 0 Å². The number of nitrogens with two attached hydrogens (primary N) is 1. The van der Waals surface area contributed by atoms with Crippen molar-refractivity contribution in [3.05, 3.63) is 24.3 Å². The van der Waals surface area contributed by atoms with Crippen LogP contribution in [0.15, 0.2) is 24.3 Å². The largest absolute Gasteiger partial charge is 0.497 e. The predicted molar refractivity (Wildman–Crippen MR) is 82.5 cm³/mol. The van der Waals surface area contributed by atoms with Crippen LogP contribution in [0.2, 0.25) is 0 Å². The Bertz CT molecular complexity index is 392. The summed E-state index contributed by atoms with van der Waals surface area (Å²) >= 11 is 0. The standard InChI is InChI=1S/C16H26N2O2/c1-19-15-8-4-6-14(12-15)18(10-5-9-17)13-16-7-2-3-11-20-16/h4,6,8,12,16H,2-3,5,7,9-11,13,17H2,1H3. The van der Waals surface area contributed by atoms with Crippen molar-refractivity contribution in [3.8, 4) is 5.75 Å². The molecular formula is C16H26N2O2. The van der Waals surface area contributed by atoms with E-state index in [0.717, 1.165) is 38.3 Å². The minimum absolute atomic E-state index is 0.340. The molecule has 112 valence electrons. The van der Waals surface area contributed by atoms with E-state index >= 15 is 0 Å². The lowest BCUT2D eigenvalue weighted by atomic mass is 10.1. The maximum Gasteiger partial charge on any atom is 0.120 e. The monoisotopic (exact) mass is 278 g/mol. The van der Waals surface area contributed by atoms with Gasteiger partial charge in [-0.25, -0.2) is 0 Å². The molecule has 1 unspecified atom stereocenters. The Morgan fingerprint density at radius 1 is 1.40 bits per heavy atom. The molecule has 0 spiro atoms. The van der Waals surface area contributed by atoms with Gasteiger partial charge < -0.3 is 20.1 Å². The van der Waals surface area contributed by atoms with Crippen LogP contribution in [-0.4, -0.2) is 39.5 Å². The summed E-state index contributed by atoms with van der Waals surface area (Å²) in [4.78, 5) is 2.37. The molecule has 2 N–H and O–H groups in total. The first-order chi connectivity index (χ1) is 9.83. The second kappa shape index (κ2) is 8.12. The molecule has 0 bridgehead atoms. The van der Waals surface area contributed by atoms with Crippen molar-refractivity contribution in [2.45, 2.75) is 31.8 Å². The predicted octanol–water partition coefficient (Wildman–Crippen LogP) is 2.42. The van der Waals surface area contributed by atoms with Crippen molar-refractivity contribution in [2.24, 2.45) is 5.73 Å². The van der Waals surface area contributed by atoms with Crippen molar-refractivity contribution < 1.29 is 9.47 Å². The summed E-state index contributed by atoms with van der Waals surface area (Å²) in [5.41, 5.74) is 6.85. The third-order valence-electron chi connectivity index (χ3n) is 3.75. The van der Waals surface area contributed by atoms with E-state index in [0.29, 0.717) is 12.6 Å². The molecule has 1 aromatic carbocycles. The molecule has 1 aliphatic heterocycles. The molecule has 1 aromatic rings. The SMILES string of the molecule is COc1cccc(N(CCCN)CC2CCCCO2)c1. The molecule has 1 fully saturated rings. The van der Waals surface area contributed by atoms with Gasteiger partial charge >= 0.3 is 0 Å². The third-order valence-corrected chi connectivity index (χ3v) is 3.75. The minimum atomic E-state index is 0.340. The number of nitrogens with zero attached hydrogens (tertiary/aromatic N) is 1. The number of ether oxygens (including phenoxy) is 2. The third kappa shape index (κ3) is 4.39. The number of anilines is 1. The van der Waals surface area contributed by atoms with Crippen molar-refractivity contribution in [2.75, 3.05) is 38.3 Å². The van der Waals surface area contributed by atoms with Crippen molar-refractivity contribution in [1.29, 1.82) is 0 Å². The first-order valence-corrected chi connectivity index (χ1v) is 7.54. The fourth-order valence-corrected chi connectivity index (χ4v) is 2.61. The molecule has 1 heterocycles. The maximum atomic E-state index is 5.86. The van der Waals surface area contributed by atoms with E-state index in [4.69, 9.17) is 15.2 Å². The van der Waals surface area contributed by atoms with Gasteiger partial charge in [-0.1, -0.05) is 6.07 Å². The summed E-state index contributed by atoms with van der Waals surface area (Å²) in [6.07, 6.45) is 4.95. The van der Waals surface area contributed by atoms with Gasteiger partial charge in [0.2, 0.25) is 0 Å². The molecule has 0 aromatic heterocycles. The summed E-state index contributed by atoms with van der Waals surface area (Å²) in [7, 11) is 1.70. The van der Waals surface area contributed by atoms with Crippen LogP contribution in [-0.2, 0) is 4.74 Å². The van der Waals surface area contributed by atoms with Gasteiger partial charge in [0.05, 0.1) is 13.2 Å². The zero-order chi connectivity index (χ0) is 14.2. The van der Waals surface area contributed by atoms with Crippen molar-refractivity contribution >= 4 is 5.69 Å². The molecule has 4 heteroatoms. The maximum absolute atomic E-state index is 5.86. The number of rotatable bonds is 7. The topological polar surface area (TPSA) is 47.7 Å². The molecule has 1 saturated heterocycles. The molecule has 4 nitrogen and oxygen atoms in total. The number of benzene rings is 1. The highest BCUT2D eigenvalue weighted by Gasteiger charge is 2.18. The van der Waals surface area contributed by atoms with E-state index in [1.807, 2.05) is 12.1 Å². The number of methoxy groups -OCH3 is 1. The average molecular weight is 278 g/mol. The van der Waals surface area contributed by atoms with Crippen LogP contribution in [0.1, 0.15) is 25.7 Å². The van der Waals surface area contributed by atoms with Gasteiger partial charge in [-0.15, -0.1) is 0 Å². The molecule has 2 rings (SSSR count). The van der Waals surface area contributed by atoms with Gasteiger partial charge in [0.1, 0.15) is 5.75 Å². The molecule has 1 aliphatic rings. The van der Waals surface area contributed by atoms with E-state index in [2.05, 4.69) is 17.0 Å². The van der Waals surface area contributed by atoms with Gasteiger partial charge in [0.15, 0.2) is 0 Å². The van der Waals surface area contributed by atoms with Crippen molar-refractivity contribution in [1.82, 2.24) is 0 Å². The summed E-state index contributed by atoms with van der Waals surface area (Å²) in [6, 6.07) is 8.22. The lowest BCUT2D eigenvalue weighted by Crippen LogP contribution is -2.37. The van der Waals surface area contributed by atoms with Crippen LogP contribution in [0.3, 0.4) is 0 Å². The Labute approximate surface area is 121 Å². The minimum Gasteiger partial charge on any atom is -0.497 e. The van der Waals surface area contributed by atoms with Gasteiger partial charge in [0.25, 0.3) is 0 Å². The fourth-order valence-electron chi connectivity index (χ4n) is 2.61. The second-order valence-corrected chi connectivity index (χ2v) is 5.28. The molecule has 20 heavy (non-hydrogen) atoms. The van der Waals surface area contributed by atoms with E-state index in [1.165, 1.54) is 18.5 Å². The average Bonchev–Trinajstić information content (AvgIpc) is 2.52. The molecule has 0 radical (unpaired) electrons. The molecule has 1 atom stereocenters. The van der Waals surface area contributed by atoms with Crippen LogP contribution in [0, 0.1) is 0 Å². The van der Waals surface area contributed by atoms with Crippen LogP contribution in [0.5, 0.6) is 5.75 Å². The van der Waals surface area contributed by atoms with Crippen LogP contribution in [0.25, 0.3) is 0 Å². The highest BCUT2D eigenvalue weighted by Crippen LogP contribution is 2.23. The van der Waals surface area contributed by atoms with E-state index in [-0.39, 0.29) is 0 Å². The lowest BCUT2D eigenvalue weighted by molar-refractivity contribution is 0.0210. The Balaban J connectivity index is 2.04. The summed E-state index contributed by atoms with van der Waals surface area (Å²) in [6.45, 7) is 3.51. The van der Waals surface area contributed by atoms with Gasteiger partial charge in [-0.3, -0.25) is 0 Å². The van der Waals surface area contributed by atoms with Crippen LogP contribution >= 0.6 is 0 Å². The summed E-state index contributed by atoms with van der Waals surface area (Å²) in [5, 5.41) is 0. The Morgan fingerprint density at radius 2 is 2.30 bits per heavy atom. The summed E-state index contributed by atoms with van der Waals surface area (Å²) < 4.78 is 11.2. The van der Waals surface area contributed by atoms with E-state index in [1.54, 1.807) is 7.11 Å². The molecule has 0 amide bonds. The highest BCUT2D eigenvalue weighted by atomic mass is 16.5. The molecule has 0 saturated carbocycles. The Kier molecular flexibility index (Phi) is 6.15. The molecule has 0 aliphatic carbocycles. The zero-order valence-corrected chi connectivity index (χ0v) is 12.4. The zero-order valence-electron chi connectivity index (χ0n) is 12.4. The highest BCUT2D eigenvalue weighted by molar-refractivity contribution is 5.50. The Morgan fingerprint density at radius 3 is 3.00 bits per heavy atom.